The SMILES string of the molecule is CCOC(=O)c1sc2ncnc(NNC(=O)COc3cccc(OC)c3)c2c1C. The van der Waals surface area contributed by atoms with Crippen LogP contribution in [0.1, 0.15) is 22.2 Å². The number of anilines is 1. The fourth-order valence-corrected chi connectivity index (χ4v) is 3.61. The fourth-order valence-electron chi connectivity index (χ4n) is 2.56. The van der Waals surface area contributed by atoms with Crippen molar-refractivity contribution in [2.45, 2.75) is 13.8 Å². The van der Waals surface area contributed by atoms with Gasteiger partial charge in [-0.3, -0.25) is 15.6 Å². The molecule has 2 N–H and O–H groups in total. The van der Waals surface area contributed by atoms with Crippen LogP contribution in [-0.4, -0.2) is 42.2 Å². The van der Waals surface area contributed by atoms with Gasteiger partial charge in [-0.05, 0) is 31.5 Å². The number of benzene rings is 1. The number of hydrogen-bond acceptors (Lipinski definition) is 9. The van der Waals surface area contributed by atoms with Crippen LogP contribution in [0.3, 0.4) is 0 Å². The number of thiophene rings is 1. The molecule has 0 unspecified atom stereocenters. The molecule has 3 aromatic rings. The zero-order chi connectivity index (χ0) is 20.8. The van der Waals surface area contributed by atoms with Crippen LogP contribution >= 0.6 is 11.3 Å². The fraction of sp³-hybridized carbons (Fsp3) is 0.263. The molecule has 0 saturated carbocycles. The van der Waals surface area contributed by atoms with E-state index in [1.54, 1.807) is 45.2 Å². The van der Waals surface area contributed by atoms with Crippen LogP contribution in [0.25, 0.3) is 10.2 Å². The summed E-state index contributed by atoms with van der Waals surface area (Å²) in [5.41, 5.74) is 5.99. The van der Waals surface area contributed by atoms with E-state index in [1.807, 2.05) is 0 Å². The molecule has 0 radical (unpaired) electrons. The molecule has 0 atom stereocenters. The van der Waals surface area contributed by atoms with Crippen molar-refractivity contribution in [2.75, 3.05) is 25.7 Å². The molecule has 152 valence electrons. The van der Waals surface area contributed by atoms with Crippen molar-refractivity contribution in [3.63, 3.8) is 0 Å². The third-order valence-electron chi connectivity index (χ3n) is 3.92. The molecule has 0 saturated heterocycles. The van der Waals surface area contributed by atoms with Gasteiger partial charge in [0.15, 0.2) is 12.4 Å². The smallest absolute Gasteiger partial charge is 0.348 e. The predicted octanol–water partition coefficient (Wildman–Crippen LogP) is 2.71. The summed E-state index contributed by atoms with van der Waals surface area (Å²) in [7, 11) is 1.55. The minimum absolute atomic E-state index is 0.203. The number of methoxy groups -OCH3 is 1. The molecule has 2 heterocycles. The Morgan fingerprint density at radius 3 is 2.76 bits per heavy atom. The van der Waals surface area contributed by atoms with E-state index in [0.29, 0.717) is 38.0 Å². The number of esters is 1. The monoisotopic (exact) mass is 416 g/mol. The zero-order valence-corrected chi connectivity index (χ0v) is 17.0. The highest BCUT2D eigenvalue weighted by Crippen LogP contribution is 2.33. The van der Waals surface area contributed by atoms with Crippen molar-refractivity contribution in [2.24, 2.45) is 0 Å². The predicted molar refractivity (Wildman–Crippen MR) is 108 cm³/mol. The Morgan fingerprint density at radius 1 is 1.21 bits per heavy atom. The van der Waals surface area contributed by atoms with E-state index in [2.05, 4.69) is 20.8 Å². The number of nitrogens with one attached hydrogen (secondary N) is 2. The second-order valence-electron chi connectivity index (χ2n) is 5.82. The van der Waals surface area contributed by atoms with Crippen molar-refractivity contribution in [3.05, 3.63) is 41.0 Å². The van der Waals surface area contributed by atoms with E-state index in [1.165, 1.54) is 17.7 Å². The van der Waals surface area contributed by atoms with E-state index >= 15 is 0 Å². The summed E-state index contributed by atoms with van der Waals surface area (Å²) in [6.45, 7) is 3.61. The van der Waals surface area contributed by atoms with Gasteiger partial charge in [-0.15, -0.1) is 11.3 Å². The van der Waals surface area contributed by atoms with Crippen molar-refractivity contribution in [1.82, 2.24) is 15.4 Å². The molecule has 10 heteroatoms. The summed E-state index contributed by atoms with van der Waals surface area (Å²) >= 11 is 1.22. The van der Waals surface area contributed by atoms with Crippen molar-refractivity contribution >= 4 is 39.2 Å². The van der Waals surface area contributed by atoms with Gasteiger partial charge in [0.1, 0.15) is 27.5 Å². The summed E-state index contributed by atoms with van der Waals surface area (Å²) in [4.78, 5) is 33.6. The second-order valence-corrected chi connectivity index (χ2v) is 6.82. The van der Waals surface area contributed by atoms with Gasteiger partial charge in [0.25, 0.3) is 5.91 Å². The zero-order valence-electron chi connectivity index (χ0n) is 16.1. The first-order valence-electron chi connectivity index (χ1n) is 8.76. The maximum atomic E-state index is 12.1. The van der Waals surface area contributed by atoms with E-state index in [4.69, 9.17) is 14.2 Å². The summed E-state index contributed by atoms with van der Waals surface area (Å²) in [5.74, 6) is 0.716. The number of rotatable bonds is 8. The van der Waals surface area contributed by atoms with Crippen LogP contribution in [0.2, 0.25) is 0 Å². The number of hydrogen-bond donors (Lipinski definition) is 2. The van der Waals surface area contributed by atoms with Gasteiger partial charge in [-0.25, -0.2) is 14.8 Å². The highest BCUT2D eigenvalue weighted by atomic mass is 32.1. The van der Waals surface area contributed by atoms with E-state index in [9.17, 15) is 9.59 Å². The molecule has 3 rings (SSSR count). The molecule has 9 nitrogen and oxygen atoms in total. The van der Waals surface area contributed by atoms with E-state index < -0.39 is 11.9 Å². The maximum Gasteiger partial charge on any atom is 0.348 e. The van der Waals surface area contributed by atoms with Crippen LogP contribution in [0.5, 0.6) is 11.5 Å². The first kappa shape index (κ1) is 20.3. The number of fused-ring (bicyclic) bond motifs is 1. The third-order valence-corrected chi connectivity index (χ3v) is 5.10. The molecular formula is C19H20N4O5S. The molecule has 0 fully saturated rings. The molecule has 29 heavy (non-hydrogen) atoms. The van der Waals surface area contributed by atoms with Crippen LogP contribution < -0.4 is 20.3 Å². The molecule has 0 bridgehead atoms. The largest absolute Gasteiger partial charge is 0.497 e. The maximum absolute atomic E-state index is 12.1. The lowest BCUT2D eigenvalue weighted by atomic mass is 10.2. The van der Waals surface area contributed by atoms with Crippen LogP contribution in [0, 0.1) is 6.92 Å². The van der Waals surface area contributed by atoms with Crippen LogP contribution in [-0.2, 0) is 9.53 Å². The van der Waals surface area contributed by atoms with Gasteiger partial charge >= 0.3 is 5.97 Å². The first-order valence-corrected chi connectivity index (χ1v) is 9.58. The number of nitrogens with zero attached hydrogens (tertiary/aromatic N) is 2. The minimum atomic E-state index is -0.408. The van der Waals surface area contributed by atoms with E-state index in [0.717, 1.165) is 0 Å². The average molecular weight is 416 g/mol. The van der Waals surface area contributed by atoms with Crippen molar-refractivity contribution < 1.29 is 23.8 Å². The van der Waals surface area contributed by atoms with Crippen molar-refractivity contribution in [1.29, 1.82) is 0 Å². The number of hydrazine groups is 1. The Labute approximate surface area is 171 Å². The Bertz CT molecular complexity index is 1040. The molecular weight excluding hydrogens is 396 g/mol. The Kier molecular flexibility index (Phi) is 6.45. The number of carbonyl (C=O) groups is 2. The number of ether oxygens (including phenoxy) is 3. The lowest BCUT2D eigenvalue weighted by Gasteiger charge is -2.10. The number of aryl methyl sites for hydroxylation is 1. The van der Waals surface area contributed by atoms with Crippen molar-refractivity contribution in [3.8, 4) is 11.5 Å². The molecule has 1 amide bonds. The molecule has 0 aliphatic carbocycles. The summed E-state index contributed by atoms with van der Waals surface area (Å²) in [6, 6.07) is 6.95. The lowest BCUT2D eigenvalue weighted by Crippen LogP contribution is -2.34. The Morgan fingerprint density at radius 2 is 2.00 bits per heavy atom. The highest BCUT2D eigenvalue weighted by molar-refractivity contribution is 7.20. The Hall–Kier alpha value is -3.40. The van der Waals surface area contributed by atoms with E-state index in [-0.39, 0.29) is 13.2 Å². The quantitative estimate of drug-likeness (QED) is 0.426. The number of amides is 1. The molecule has 1 aromatic carbocycles. The molecule has 0 aliphatic rings. The minimum Gasteiger partial charge on any atom is -0.497 e. The van der Waals surface area contributed by atoms with Crippen LogP contribution in [0.15, 0.2) is 30.6 Å². The average Bonchev–Trinajstić information content (AvgIpc) is 3.08. The second kappa shape index (κ2) is 9.20. The van der Waals surface area contributed by atoms with Gasteiger partial charge in [0.2, 0.25) is 0 Å². The number of carbonyl (C=O) groups excluding carboxylic acids is 2. The van der Waals surface area contributed by atoms with Gasteiger partial charge in [-0.2, -0.15) is 0 Å². The highest BCUT2D eigenvalue weighted by Gasteiger charge is 2.20. The van der Waals surface area contributed by atoms with Gasteiger partial charge in [0.05, 0.1) is 19.1 Å². The molecule has 2 aromatic heterocycles. The lowest BCUT2D eigenvalue weighted by molar-refractivity contribution is -0.122. The molecule has 0 aliphatic heterocycles. The van der Waals surface area contributed by atoms with Gasteiger partial charge in [0, 0.05) is 6.07 Å². The Balaban J connectivity index is 1.66. The third kappa shape index (κ3) is 4.72. The standard InChI is InChI=1S/C19H20N4O5S/c1-4-27-19(25)16-11(2)15-17(20-10-21-18(15)29-16)23-22-14(24)9-28-13-7-5-6-12(8-13)26-3/h5-8,10H,4,9H2,1-3H3,(H,22,24)(H,20,21,23). The van der Waals surface area contributed by atoms with Crippen LogP contribution in [0.4, 0.5) is 5.82 Å². The van der Waals surface area contributed by atoms with Gasteiger partial charge in [-0.1, -0.05) is 6.07 Å². The van der Waals surface area contributed by atoms with Gasteiger partial charge < -0.3 is 14.2 Å². The summed E-state index contributed by atoms with van der Waals surface area (Å²) in [6.07, 6.45) is 1.36. The number of aromatic nitrogens is 2. The topological polar surface area (TPSA) is 112 Å². The normalized spacial score (nSPS) is 10.4. The molecule has 0 spiro atoms. The summed E-state index contributed by atoms with van der Waals surface area (Å²) < 4.78 is 15.6. The summed E-state index contributed by atoms with van der Waals surface area (Å²) in [5, 5.41) is 0.648. The first-order chi connectivity index (χ1) is 14.0.